The molecule has 3 aromatic rings. The second kappa shape index (κ2) is 7.15. The molecule has 1 aliphatic rings. The van der Waals surface area contributed by atoms with Crippen LogP contribution in [-0.2, 0) is 4.79 Å². The highest BCUT2D eigenvalue weighted by Crippen LogP contribution is 2.27. The van der Waals surface area contributed by atoms with Crippen molar-refractivity contribution in [3.8, 4) is 0 Å². The maximum Gasteiger partial charge on any atom is 0.254 e. The van der Waals surface area contributed by atoms with E-state index in [4.69, 9.17) is 0 Å². The van der Waals surface area contributed by atoms with Crippen LogP contribution >= 0.6 is 0 Å². The van der Waals surface area contributed by atoms with E-state index in [0.717, 1.165) is 22.4 Å². The largest absolute Gasteiger partial charge is 0.272 e. The molecule has 0 atom stereocenters. The monoisotopic (exact) mass is 339 g/mol. The highest BCUT2D eigenvalue weighted by atomic mass is 16.2. The predicted molar refractivity (Wildman–Crippen MR) is 105 cm³/mol. The molecule has 1 amide bonds. The molecule has 4 nitrogen and oxygen atoms in total. The van der Waals surface area contributed by atoms with Crippen molar-refractivity contribution in [3.05, 3.63) is 96.2 Å². The normalized spacial score (nSPS) is 14.5. The third kappa shape index (κ3) is 3.30. The lowest BCUT2D eigenvalue weighted by atomic mass is 9.97. The molecule has 0 bridgehead atoms. The summed E-state index contributed by atoms with van der Waals surface area (Å²) in [5.41, 5.74) is 3.79. The molecular weight excluding hydrogens is 322 g/mol. The van der Waals surface area contributed by atoms with Crippen LogP contribution in [0.15, 0.2) is 90.2 Å². The molecular formula is C22H17N3O. The highest BCUT2D eigenvalue weighted by molar-refractivity contribution is 6.35. The van der Waals surface area contributed by atoms with Gasteiger partial charge in [-0.2, -0.15) is 10.1 Å². The van der Waals surface area contributed by atoms with Crippen LogP contribution in [0.3, 0.4) is 0 Å². The number of rotatable bonds is 4. The molecule has 0 radical (unpaired) electrons. The molecule has 0 fully saturated rings. The Bertz CT molecular complexity index is 964. The number of anilines is 1. The maximum absolute atomic E-state index is 12.5. The van der Waals surface area contributed by atoms with Crippen LogP contribution in [-0.4, -0.2) is 16.6 Å². The first-order valence-electron chi connectivity index (χ1n) is 8.45. The van der Waals surface area contributed by atoms with Crippen LogP contribution in [0.5, 0.6) is 0 Å². The van der Waals surface area contributed by atoms with Crippen LogP contribution in [0.4, 0.5) is 5.82 Å². The maximum atomic E-state index is 12.5. The molecule has 2 heterocycles. The van der Waals surface area contributed by atoms with Gasteiger partial charge in [0.25, 0.3) is 5.91 Å². The number of hydrazone groups is 1. The Labute approximate surface area is 152 Å². The zero-order chi connectivity index (χ0) is 17.8. The number of carbonyl (C=O) groups excluding carboxylic acids is 1. The van der Waals surface area contributed by atoms with E-state index >= 15 is 0 Å². The van der Waals surface area contributed by atoms with E-state index in [1.807, 2.05) is 72.8 Å². The Hall–Kier alpha value is -3.53. The molecule has 0 saturated carbocycles. The molecule has 4 rings (SSSR count). The van der Waals surface area contributed by atoms with Crippen molar-refractivity contribution in [2.45, 2.75) is 6.42 Å². The number of hydrogen-bond acceptors (Lipinski definition) is 3. The molecule has 0 saturated heterocycles. The van der Waals surface area contributed by atoms with Gasteiger partial charge in [0.1, 0.15) is 0 Å². The molecule has 4 heteroatoms. The van der Waals surface area contributed by atoms with E-state index in [1.165, 1.54) is 5.01 Å². The van der Waals surface area contributed by atoms with E-state index in [2.05, 4.69) is 16.2 Å². The summed E-state index contributed by atoms with van der Waals surface area (Å²) in [6, 6.07) is 25.5. The first-order valence-corrected chi connectivity index (χ1v) is 8.45. The van der Waals surface area contributed by atoms with E-state index in [1.54, 1.807) is 12.3 Å². The third-order valence-electron chi connectivity index (χ3n) is 4.15. The summed E-state index contributed by atoms with van der Waals surface area (Å²) >= 11 is 0. The van der Waals surface area contributed by atoms with Crippen LogP contribution in [0.25, 0.3) is 11.6 Å². The van der Waals surface area contributed by atoms with Crippen molar-refractivity contribution in [1.82, 2.24) is 4.98 Å². The van der Waals surface area contributed by atoms with E-state index in [-0.39, 0.29) is 12.3 Å². The third-order valence-corrected chi connectivity index (χ3v) is 4.15. The Morgan fingerprint density at radius 1 is 0.885 bits per heavy atom. The average Bonchev–Trinajstić information content (AvgIpc) is 3.09. The molecule has 0 N–H and O–H groups in total. The van der Waals surface area contributed by atoms with Gasteiger partial charge in [0.2, 0.25) is 0 Å². The standard InChI is InChI=1S/C22H17N3O/c26-22-16-20(24-25(22)21-13-7-8-14-23-21)19(18-11-5-2-6-12-18)15-17-9-3-1-4-10-17/h1-15H,16H2/b19-15+. The summed E-state index contributed by atoms with van der Waals surface area (Å²) in [6.45, 7) is 0. The fourth-order valence-corrected chi connectivity index (χ4v) is 2.90. The SMILES string of the molecule is O=C1CC(/C(=C/c2ccccc2)c2ccccc2)=NN1c1ccccn1. The zero-order valence-electron chi connectivity index (χ0n) is 14.1. The second-order valence-electron chi connectivity index (χ2n) is 5.95. The lowest BCUT2D eigenvalue weighted by Crippen LogP contribution is -2.20. The summed E-state index contributed by atoms with van der Waals surface area (Å²) in [5, 5.41) is 5.97. The fraction of sp³-hybridized carbons (Fsp3) is 0.0455. The number of carbonyl (C=O) groups is 1. The number of benzene rings is 2. The number of pyridine rings is 1. The molecule has 0 aliphatic carbocycles. The number of hydrogen-bond donors (Lipinski definition) is 0. The fourth-order valence-electron chi connectivity index (χ4n) is 2.90. The van der Waals surface area contributed by atoms with Crippen molar-refractivity contribution < 1.29 is 4.79 Å². The van der Waals surface area contributed by atoms with Crippen LogP contribution < -0.4 is 5.01 Å². The number of allylic oxidation sites excluding steroid dienone is 1. The van der Waals surface area contributed by atoms with Gasteiger partial charge in [0, 0.05) is 11.8 Å². The minimum atomic E-state index is -0.0754. The summed E-state index contributed by atoms with van der Waals surface area (Å²) in [4.78, 5) is 16.8. The van der Waals surface area contributed by atoms with Gasteiger partial charge in [-0.3, -0.25) is 4.79 Å². The van der Waals surface area contributed by atoms with Crippen molar-refractivity contribution in [1.29, 1.82) is 0 Å². The number of aromatic nitrogens is 1. The second-order valence-corrected chi connectivity index (χ2v) is 5.95. The van der Waals surface area contributed by atoms with E-state index in [9.17, 15) is 4.79 Å². The van der Waals surface area contributed by atoms with Gasteiger partial charge >= 0.3 is 0 Å². The Morgan fingerprint density at radius 3 is 2.27 bits per heavy atom. The van der Waals surface area contributed by atoms with Gasteiger partial charge in [0.15, 0.2) is 5.82 Å². The van der Waals surface area contributed by atoms with Crippen LogP contribution in [0.1, 0.15) is 17.5 Å². The Morgan fingerprint density at radius 2 is 1.58 bits per heavy atom. The average molecular weight is 339 g/mol. The van der Waals surface area contributed by atoms with Crippen molar-refractivity contribution in [2.24, 2.45) is 5.10 Å². The topological polar surface area (TPSA) is 45.6 Å². The molecule has 2 aromatic carbocycles. The minimum absolute atomic E-state index is 0.0754. The van der Waals surface area contributed by atoms with Gasteiger partial charge in [-0.1, -0.05) is 66.7 Å². The van der Waals surface area contributed by atoms with Crippen LogP contribution in [0, 0.1) is 0 Å². The lowest BCUT2D eigenvalue weighted by Gasteiger charge is -2.09. The van der Waals surface area contributed by atoms with Gasteiger partial charge in [-0.05, 0) is 29.3 Å². The number of nitrogens with zero attached hydrogens (tertiary/aromatic N) is 3. The molecule has 1 aliphatic heterocycles. The van der Waals surface area contributed by atoms with Crippen molar-refractivity contribution in [2.75, 3.05) is 5.01 Å². The van der Waals surface area contributed by atoms with Gasteiger partial charge in [0.05, 0.1) is 12.1 Å². The molecule has 0 spiro atoms. The first-order chi connectivity index (χ1) is 12.8. The zero-order valence-corrected chi connectivity index (χ0v) is 14.1. The Kier molecular flexibility index (Phi) is 4.39. The summed E-state index contributed by atoms with van der Waals surface area (Å²) in [7, 11) is 0. The quantitative estimate of drug-likeness (QED) is 0.661. The first kappa shape index (κ1) is 16.0. The number of amides is 1. The molecule has 1 aromatic heterocycles. The lowest BCUT2D eigenvalue weighted by molar-refractivity contribution is -0.116. The van der Waals surface area contributed by atoms with Gasteiger partial charge in [-0.25, -0.2) is 4.98 Å². The predicted octanol–water partition coefficient (Wildman–Crippen LogP) is 4.42. The smallest absolute Gasteiger partial charge is 0.254 e. The van der Waals surface area contributed by atoms with E-state index in [0.29, 0.717) is 5.82 Å². The highest BCUT2D eigenvalue weighted by Gasteiger charge is 2.28. The summed E-state index contributed by atoms with van der Waals surface area (Å²) in [5.74, 6) is 0.466. The minimum Gasteiger partial charge on any atom is -0.272 e. The molecule has 126 valence electrons. The summed E-state index contributed by atoms with van der Waals surface area (Å²) in [6.07, 6.45) is 3.99. The Balaban J connectivity index is 1.78. The summed E-state index contributed by atoms with van der Waals surface area (Å²) < 4.78 is 0. The van der Waals surface area contributed by atoms with Crippen molar-refractivity contribution in [3.63, 3.8) is 0 Å². The van der Waals surface area contributed by atoms with Gasteiger partial charge in [-0.15, -0.1) is 0 Å². The van der Waals surface area contributed by atoms with Gasteiger partial charge < -0.3 is 0 Å². The van der Waals surface area contributed by atoms with E-state index < -0.39 is 0 Å². The molecule has 0 unspecified atom stereocenters. The molecule has 26 heavy (non-hydrogen) atoms. The van der Waals surface area contributed by atoms with Crippen LogP contribution in [0.2, 0.25) is 0 Å². The van der Waals surface area contributed by atoms with Crippen molar-refractivity contribution >= 4 is 29.1 Å².